The van der Waals surface area contributed by atoms with Crippen LogP contribution >= 0.6 is 0 Å². The molecule has 582 valence electrons. The predicted octanol–water partition coefficient (Wildman–Crippen LogP) is 6.56. The second-order valence-corrected chi connectivity index (χ2v) is 28.0. The third-order valence-electron chi connectivity index (χ3n) is 20.2. The summed E-state index contributed by atoms with van der Waals surface area (Å²) < 4.78 is 20.9. The second-order valence-electron chi connectivity index (χ2n) is 28.0. The van der Waals surface area contributed by atoms with Crippen LogP contribution in [0.1, 0.15) is 37.5 Å². The first-order chi connectivity index (χ1) is 53.5. The fraction of sp³-hybridized carbons (Fsp3) is 0.405. The van der Waals surface area contributed by atoms with Crippen molar-refractivity contribution in [3.63, 3.8) is 0 Å². The van der Waals surface area contributed by atoms with Crippen LogP contribution in [0.15, 0.2) is 86.8 Å². The first-order valence-electron chi connectivity index (χ1n) is 36.5. The van der Waals surface area contributed by atoms with E-state index in [0.717, 1.165) is 145 Å². The van der Waals surface area contributed by atoms with Gasteiger partial charge in [-0.15, -0.1) is 15.3 Å². The number of amides is 3. The molecule has 3 saturated heterocycles. The second kappa shape index (κ2) is 33.8. The SMILES string of the molecule is COc1nn(C)cc1Nc1ncc(C)c(-c2c[nH]c3c(NC(=O)[C@@H](C)N4CCN(C)CC4)cncc23)n1.COc1nn(C)cc1Nc1ncc(C)c(-c2c[nH]c3c(NC(=O)[C@@H](C)N4CCN(C)CC4)nccc23)n1.COc1nn(C)cc1Nc1ncc(C)c(-c2c[nH]c3c(NC(=O)[C@@H](C)N4CCN(C)CC4)ncnc23)n1. The van der Waals surface area contributed by atoms with Crippen molar-refractivity contribution in [1.82, 2.24) is 124 Å². The summed E-state index contributed by atoms with van der Waals surface area (Å²) in [5, 5.41) is 33.2. The molecule has 37 heteroatoms. The molecule has 111 heavy (non-hydrogen) atoms. The number of aryl methyl sites for hydroxylation is 6. The zero-order valence-electron chi connectivity index (χ0n) is 65.1. The molecule has 15 rings (SSSR count). The lowest BCUT2D eigenvalue weighted by Crippen LogP contribution is -2.51. The van der Waals surface area contributed by atoms with E-state index in [9.17, 15) is 14.4 Å². The number of hydrogen-bond donors (Lipinski definition) is 9. The molecule has 3 fully saturated rings. The van der Waals surface area contributed by atoms with Gasteiger partial charge in [0, 0.05) is 177 Å². The van der Waals surface area contributed by atoms with E-state index in [1.165, 1.54) is 6.33 Å². The maximum atomic E-state index is 13.1. The molecule has 0 spiro atoms. The van der Waals surface area contributed by atoms with Crippen molar-refractivity contribution in [1.29, 1.82) is 0 Å². The van der Waals surface area contributed by atoms with Gasteiger partial charge in [-0.2, -0.15) is 0 Å². The average Bonchev–Trinajstić information content (AvgIpc) is 1.66. The van der Waals surface area contributed by atoms with Crippen LogP contribution in [0, 0.1) is 20.8 Å². The topological polar surface area (TPSA) is 400 Å². The minimum Gasteiger partial charge on any atom is -0.478 e. The molecule has 3 aliphatic heterocycles. The van der Waals surface area contributed by atoms with Crippen LogP contribution in [0.2, 0.25) is 0 Å². The zero-order valence-corrected chi connectivity index (χ0v) is 65.1. The van der Waals surface area contributed by atoms with Crippen molar-refractivity contribution in [3.05, 3.63) is 103 Å². The average molecular weight is 1510 g/mol. The number of nitrogens with one attached hydrogen (secondary N) is 9. The molecule has 0 radical (unpaired) electrons. The molecule has 37 nitrogen and oxygen atoms in total. The first kappa shape index (κ1) is 77.0. The molecule has 0 aliphatic carbocycles. The molecule has 15 heterocycles. The molecule has 3 atom stereocenters. The van der Waals surface area contributed by atoms with Crippen LogP contribution < -0.4 is 46.1 Å². The van der Waals surface area contributed by atoms with Crippen LogP contribution in [0.4, 0.5) is 52.2 Å². The molecule has 0 saturated carbocycles. The normalized spacial score (nSPS) is 15.6. The third-order valence-corrected chi connectivity index (χ3v) is 20.2. The zero-order chi connectivity index (χ0) is 78.3. The number of H-pyrrole nitrogens is 3. The smallest absolute Gasteiger partial charge is 0.256 e. The molecule has 9 N–H and O–H groups in total. The number of carbonyl (C=O) groups is 3. The Morgan fingerprint density at radius 2 is 0.802 bits per heavy atom. The van der Waals surface area contributed by atoms with Gasteiger partial charge in [-0.25, -0.2) is 44.9 Å². The number of aromatic amines is 3. The Morgan fingerprint density at radius 1 is 0.423 bits per heavy atom. The van der Waals surface area contributed by atoms with E-state index >= 15 is 0 Å². The van der Waals surface area contributed by atoms with Crippen LogP contribution in [0.25, 0.3) is 66.6 Å². The Morgan fingerprint density at radius 3 is 1.23 bits per heavy atom. The number of piperazine rings is 3. The Bertz CT molecular complexity index is 4780. The number of nitrogens with zero attached hydrogens (tertiary/aromatic N) is 22. The van der Waals surface area contributed by atoms with Crippen LogP contribution in [-0.4, -0.2) is 280 Å². The number of carbonyl (C=O) groups excluding carboxylic acids is 3. The maximum absolute atomic E-state index is 13.1. The lowest BCUT2D eigenvalue weighted by atomic mass is 10.1. The van der Waals surface area contributed by atoms with Crippen molar-refractivity contribution in [2.75, 3.05) is 153 Å². The third kappa shape index (κ3) is 17.3. The summed E-state index contributed by atoms with van der Waals surface area (Å²) in [5.74, 6) is 3.30. The summed E-state index contributed by atoms with van der Waals surface area (Å²) in [5.41, 5.74) is 12.9. The molecular weight excluding hydrogens is 1420 g/mol. The van der Waals surface area contributed by atoms with Gasteiger partial charge >= 0.3 is 0 Å². The number of fused-ring (bicyclic) bond motifs is 3. The summed E-state index contributed by atoms with van der Waals surface area (Å²) in [6.07, 6.45) is 22.9. The van der Waals surface area contributed by atoms with Gasteiger partial charge in [-0.05, 0) is 85.4 Å². The molecule has 3 amide bonds. The predicted molar refractivity (Wildman–Crippen MR) is 424 cm³/mol. The van der Waals surface area contributed by atoms with Crippen LogP contribution in [0.3, 0.4) is 0 Å². The summed E-state index contributed by atoms with van der Waals surface area (Å²) in [7, 11) is 16.4. The molecule has 12 aromatic heterocycles. The quantitative estimate of drug-likeness (QED) is 0.0367. The van der Waals surface area contributed by atoms with Gasteiger partial charge in [0.1, 0.15) is 34.4 Å². The van der Waals surface area contributed by atoms with Crippen molar-refractivity contribution in [2.45, 2.75) is 59.7 Å². The van der Waals surface area contributed by atoms with Gasteiger partial charge in [-0.1, -0.05) is 0 Å². The summed E-state index contributed by atoms with van der Waals surface area (Å²) in [6, 6.07) is 1.16. The molecule has 0 aromatic carbocycles. The highest BCUT2D eigenvalue weighted by atomic mass is 16.5. The first-order valence-corrected chi connectivity index (χ1v) is 36.5. The Hall–Kier alpha value is -12.2. The van der Waals surface area contributed by atoms with E-state index < -0.39 is 0 Å². The van der Waals surface area contributed by atoms with E-state index in [1.807, 2.05) is 87.3 Å². The van der Waals surface area contributed by atoms with Crippen molar-refractivity contribution < 1.29 is 28.6 Å². The number of likely N-dealkylation sites (N-methyl/N-ethyl adjacent to an activating group) is 3. The maximum Gasteiger partial charge on any atom is 0.256 e. The summed E-state index contributed by atoms with van der Waals surface area (Å²) in [4.78, 5) is 108. The fourth-order valence-corrected chi connectivity index (χ4v) is 13.5. The summed E-state index contributed by atoms with van der Waals surface area (Å²) in [6.45, 7) is 22.5. The van der Waals surface area contributed by atoms with Gasteiger partial charge in [0.25, 0.3) is 17.6 Å². The van der Waals surface area contributed by atoms with Gasteiger partial charge < -0.3 is 75.8 Å². The van der Waals surface area contributed by atoms with E-state index in [0.29, 0.717) is 86.6 Å². The minimum atomic E-state index is -0.268. The number of anilines is 9. The Balaban J connectivity index is 0.000000146. The van der Waals surface area contributed by atoms with Crippen LogP contribution in [0.5, 0.6) is 17.6 Å². The number of pyridine rings is 2. The van der Waals surface area contributed by atoms with Gasteiger partial charge in [-0.3, -0.25) is 48.1 Å². The van der Waals surface area contributed by atoms with Crippen molar-refractivity contribution >= 4 is 103 Å². The highest BCUT2D eigenvalue weighted by Gasteiger charge is 2.30. The van der Waals surface area contributed by atoms with Crippen molar-refractivity contribution in [3.8, 4) is 51.4 Å². The number of rotatable bonds is 21. The number of hydrogen-bond acceptors (Lipinski definition) is 28. The number of ether oxygens (including phenoxy) is 3. The lowest BCUT2D eigenvalue weighted by Gasteiger charge is -2.35. The largest absolute Gasteiger partial charge is 0.478 e. The highest BCUT2D eigenvalue weighted by Crippen LogP contribution is 2.37. The standard InChI is InChI=1S/2C25H32N10O2.C24H31N11O2/c1-15-10-28-25(30-20-14-34(4)32-24(20)37-5)31-21(15)18-12-27-22-17(18)11-26-13-19(22)29-23(36)16(2)35-8-6-33(3)7-9-35;1-15-12-28-25(29-19-14-34(4)32-24(19)37-5)30-20(15)18-13-27-21-17(18)6-7-26-22(21)31-23(36)16(2)35-10-8-33(3)9-11-35;1-14-10-26-24(29-17-12-34(4)32-23(17)37-5)30-18(14)16-11-25-20-19(16)27-13-28-21(20)31-22(36)15(2)35-8-6-33(3)7-9-35/h10-14,16,27H,6-9H2,1-5H3,(H,29,36)(H,28,30,31);6-7,12-14,16,27H,8-11H2,1-5H3,(H,26,31,36)(H,28,29,30);10-13,15,25H,6-9H2,1-5H3,(H,26,29,30)(H,27,28,31,36)/t2*16-;15-/m111/s1. The van der Waals surface area contributed by atoms with Crippen LogP contribution in [-0.2, 0) is 35.5 Å². The Labute approximate surface area is 640 Å². The highest BCUT2D eigenvalue weighted by molar-refractivity contribution is 6.08. The molecule has 0 unspecified atom stereocenters. The fourth-order valence-electron chi connectivity index (χ4n) is 13.5. The lowest BCUT2D eigenvalue weighted by molar-refractivity contribution is -0.122. The Kier molecular flexibility index (Phi) is 23.4. The van der Waals surface area contributed by atoms with Crippen molar-refractivity contribution in [2.24, 2.45) is 21.1 Å². The van der Waals surface area contributed by atoms with Gasteiger partial charge in [0.15, 0.2) is 11.6 Å². The molecule has 0 bridgehead atoms. The van der Waals surface area contributed by atoms with Gasteiger partial charge in [0.2, 0.25) is 35.6 Å². The molecular formula is C74H95N31O6. The van der Waals surface area contributed by atoms with E-state index in [1.54, 1.807) is 91.1 Å². The minimum absolute atomic E-state index is 0.0508. The molecule has 3 aliphatic rings. The number of aromatic nitrogens is 19. The van der Waals surface area contributed by atoms with E-state index in [4.69, 9.17) is 29.2 Å². The van der Waals surface area contributed by atoms with E-state index in [2.05, 4.69) is 148 Å². The number of methoxy groups -OCH3 is 3. The molecule has 12 aromatic rings. The van der Waals surface area contributed by atoms with E-state index in [-0.39, 0.29) is 35.8 Å². The van der Waals surface area contributed by atoms with Gasteiger partial charge in [0.05, 0.1) is 98.0 Å². The summed E-state index contributed by atoms with van der Waals surface area (Å²) >= 11 is 0. The monoisotopic (exact) mass is 1510 g/mol.